The third kappa shape index (κ3) is 16.6. The molecule has 0 fully saturated rings. The zero-order valence-corrected chi connectivity index (χ0v) is 15.2. The molecule has 0 bridgehead atoms. The van der Waals surface area contributed by atoms with Crippen molar-refractivity contribution in [1.29, 1.82) is 0 Å². The van der Waals surface area contributed by atoms with Crippen molar-refractivity contribution in [2.45, 2.75) is 71.1 Å². The molecule has 0 atom stereocenters. The summed E-state index contributed by atoms with van der Waals surface area (Å²) in [5.74, 6) is 0.0243. The second-order valence-electron chi connectivity index (χ2n) is 5.81. The molecule has 0 spiro atoms. The molecule has 0 rings (SSSR count). The lowest BCUT2D eigenvalue weighted by molar-refractivity contribution is -0.206. The van der Waals surface area contributed by atoms with Crippen LogP contribution in [0.5, 0.6) is 0 Å². The van der Waals surface area contributed by atoms with Crippen molar-refractivity contribution in [3.05, 3.63) is 48.0 Å². The summed E-state index contributed by atoms with van der Waals surface area (Å²) in [5.41, 5.74) is 0. The number of aliphatic carboxylic acids is 1. The average Bonchev–Trinajstić information content (AvgIpc) is 2.58. The highest BCUT2D eigenvalue weighted by molar-refractivity contribution is 5.66. The molecule has 0 saturated carbocycles. The van der Waals surface area contributed by atoms with E-state index in [0.29, 0.717) is 25.0 Å². The van der Waals surface area contributed by atoms with E-state index in [9.17, 15) is 9.90 Å². The summed E-state index contributed by atoms with van der Waals surface area (Å²) in [7, 11) is 0. The quantitative estimate of drug-likeness (QED) is 0.112. The van der Waals surface area contributed by atoms with Crippen molar-refractivity contribution in [3.63, 3.8) is 0 Å². The van der Waals surface area contributed by atoms with Gasteiger partial charge in [-0.2, -0.15) is 0 Å². The summed E-state index contributed by atoms with van der Waals surface area (Å²) in [4.78, 5) is 14.7. The summed E-state index contributed by atoms with van der Waals surface area (Å²) in [6, 6.07) is 0. The second-order valence-corrected chi connectivity index (χ2v) is 5.81. The fourth-order valence-corrected chi connectivity index (χ4v) is 2.12. The first-order chi connectivity index (χ1) is 12.1. The van der Waals surface area contributed by atoms with Crippen LogP contribution in [0.2, 0.25) is 0 Å². The molecule has 0 aromatic heterocycles. The highest BCUT2D eigenvalue weighted by atomic mass is 17.1. The van der Waals surface area contributed by atoms with Gasteiger partial charge in [-0.3, -0.25) is 4.79 Å². The first-order valence-electron chi connectivity index (χ1n) is 9.00. The Bertz CT molecular complexity index is 461. The molecule has 0 radical (unpaired) electrons. The molecule has 25 heavy (non-hydrogen) atoms. The van der Waals surface area contributed by atoms with Crippen LogP contribution in [0.15, 0.2) is 48.0 Å². The van der Waals surface area contributed by atoms with E-state index >= 15 is 0 Å². The number of hydrogen-bond donors (Lipinski definition) is 3. The van der Waals surface area contributed by atoms with Crippen molar-refractivity contribution in [3.8, 4) is 0 Å². The number of carbonyl (C=O) groups is 1. The number of allylic oxidation sites excluding steroid dienone is 8. The topological polar surface area (TPSA) is 87.0 Å². The Balaban J connectivity index is 3.85. The predicted molar refractivity (Wildman–Crippen MR) is 100 cm³/mol. The van der Waals surface area contributed by atoms with Crippen LogP contribution >= 0.6 is 0 Å². The van der Waals surface area contributed by atoms with E-state index in [1.54, 1.807) is 6.08 Å². The molecule has 0 heterocycles. The van der Waals surface area contributed by atoms with E-state index < -0.39 is 5.97 Å². The lowest BCUT2D eigenvalue weighted by Crippen LogP contribution is -1.94. The van der Waals surface area contributed by atoms with E-state index in [0.717, 1.165) is 38.5 Å². The van der Waals surface area contributed by atoms with Gasteiger partial charge < -0.3 is 15.1 Å². The largest absolute Gasteiger partial charge is 0.513 e. The van der Waals surface area contributed by atoms with Gasteiger partial charge in [-0.15, -0.1) is 0 Å². The monoisotopic (exact) mass is 352 g/mol. The van der Waals surface area contributed by atoms with E-state index in [1.807, 2.05) is 30.4 Å². The smallest absolute Gasteiger partial charge is 0.303 e. The maximum atomic E-state index is 10.4. The maximum absolute atomic E-state index is 10.4. The minimum Gasteiger partial charge on any atom is -0.513 e. The molecule has 0 saturated heterocycles. The number of rotatable bonds is 15. The average molecular weight is 352 g/mol. The molecule has 142 valence electrons. The standard InChI is InChI=1S/C20H32O5/c1-2-3-9-15-19(25-24)16-11-8-6-4-5-7-10-13-18(21)14-12-17-20(22)23/h5-8,13,16,21,24H,2-4,9-12,14-15,17H2,1H3,(H,22,23)/b7-5-,8-6-,18-13+,19-16+. The molecule has 0 unspecified atom stereocenters. The third-order valence-electron chi connectivity index (χ3n) is 3.54. The summed E-state index contributed by atoms with van der Waals surface area (Å²) < 4.78 is 0. The van der Waals surface area contributed by atoms with Gasteiger partial charge in [-0.1, -0.05) is 44.1 Å². The summed E-state index contributed by atoms with van der Waals surface area (Å²) >= 11 is 0. The van der Waals surface area contributed by atoms with Gasteiger partial charge in [0.15, 0.2) is 0 Å². The minimum absolute atomic E-state index is 0.0780. The molecule has 0 aromatic rings. The Labute approximate surface area is 151 Å². The van der Waals surface area contributed by atoms with Crippen LogP contribution in [0.4, 0.5) is 0 Å². The van der Waals surface area contributed by atoms with Gasteiger partial charge in [0.05, 0.1) is 5.76 Å². The van der Waals surface area contributed by atoms with Crippen molar-refractivity contribution in [1.82, 2.24) is 0 Å². The van der Waals surface area contributed by atoms with E-state index in [-0.39, 0.29) is 12.2 Å². The fraction of sp³-hybridized carbons (Fsp3) is 0.550. The van der Waals surface area contributed by atoms with Crippen LogP contribution in [-0.4, -0.2) is 21.4 Å². The molecule has 5 heteroatoms. The van der Waals surface area contributed by atoms with E-state index in [1.165, 1.54) is 0 Å². The molecule has 5 nitrogen and oxygen atoms in total. The molecule has 0 aliphatic heterocycles. The van der Waals surface area contributed by atoms with Crippen molar-refractivity contribution < 1.29 is 25.2 Å². The normalized spacial score (nSPS) is 13.0. The van der Waals surface area contributed by atoms with Gasteiger partial charge in [-0.25, -0.2) is 5.26 Å². The van der Waals surface area contributed by atoms with Crippen LogP contribution < -0.4 is 0 Å². The van der Waals surface area contributed by atoms with Crippen LogP contribution in [0, 0.1) is 0 Å². The van der Waals surface area contributed by atoms with Crippen molar-refractivity contribution >= 4 is 5.97 Å². The lowest BCUT2D eigenvalue weighted by Gasteiger charge is -2.01. The van der Waals surface area contributed by atoms with E-state index in [4.69, 9.17) is 10.4 Å². The number of aliphatic hydroxyl groups is 1. The lowest BCUT2D eigenvalue weighted by atomic mass is 10.1. The maximum Gasteiger partial charge on any atom is 0.303 e. The fourth-order valence-electron chi connectivity index (χ4n) is 2.12. The van der Waals surface area contributed by atoms with Crippen molar-refractivity contribution in [2.75, 3.05) is 0 Å². The zero-order valence-electron chi connectivity index (χ0n) is 15.2. The number of unbranched alkanes of at least 4 members (excludes halogenated alkanes) is 2. The Morgan fingerprint density at radius 3 is 2.08 bits per heavy atom. The molecule has 0 aliphatic carbocycles. The molecular formula is C20H32O5. The number of hydrogen-bond acceptors (Lipinski definition) is 4. The summed E-state index contributed by atoms with van der Waals surface area (Å²) in [5, 5.41) is 26.9. The Morgan fingerprint density at radius 2 is 1.48 bits per heavy atom. The number of carboxylic acids is 1. The van der Waals surface area contributed by atoms with Crippen LogP contribution in [0.25, 0.3) is 0 Å². The van der Waals surface area contributed by atoms with Crippen LogP contribution in [0.1, 0.15) is 71.1 Å². The molecule has 3 N–H and O–H groups in total. The van der Waals surface area contributed by atoms with Gasteiger partial charge in [-0.05, 0) is 44.3 Å². The van der Waals surface area contributed by atoms with Gasteiger partial charge >= 0.3 is 5.97 Å². The SMILES string of the molecule is CCCCC/C(=C\C/C=C\C/C=C\C/C=C(/O)CCCC(=O)O)OO. The summed E-state index contributed by atoms with van der Waals surface area (Å²) in [6.45, 7) is 2.13. The number of carboxylic acid groups (broad SMARTS) is 1. The highest BCUT2D eigenvalue weighted by Gasteiger charge is 1.98. The first kappa shape index (κ1) is 23.0. The zero-order chi connectivity index (χ0) is 18.8. The first-order valence-corrected chi connectivity index (χ1v) is 9.00. The second kappa shape index (κ2) is 16.8. The van der Waals surface area contributed by atoms with Crippen LogP contribution in [0.3, 0.4) is 0 Å². The Morgan fingerprint density at radius 1 is 0.840 bits per heavy atom. The van der Waals surface area contributed by atoms with E-state index in [2.05, 4.69) is 11.8 Å². The Hall–Kier alpha value is -2.01. The number of aliphatic hydroxyl groups excluding tert-OH is 1. The van der Waals surface area contributed by atoms with Gasteiger partial charge in [0, 0.05) is 19.3 Å². The summed E-state index contributed by atoms with van der Waals surface area (Å²) in [6.07, 6.45) is 18.7. The van der Waals surface area contributed by atoms with Crippen LogP contribution in [-0.2, 0) is 9.68 Å². The Kier molecular flexibility index (Phi) is 15.5. The van der Waals surface area contributed by atoms with Crippen molar-refractivity contribution in [2.24, 2.45) is 0 Å². The predicted octanol–water partition coefficient (Wildman–Crippen LogP) is 5.92. The molecular weight excluding hydrogens is 320 g/mol. The van der Waals surface area contributed by atoms with Gasteiger partial charge in [0.25, 0.3) is 0 Å². The third-order valence-corrected chi connectivity index (χ3v) is 3.54. The molecule has 0 aliphatic rings. The minimum atomic E-state index is -0.840. The molecule has 0 aromatic carbocycles. The van der Waals surface area contributed by atoms with Gasteiger partial charge in [0.2, 0.25) is 0 Å². The van der Waals surface area contributed by atoms with Gasteiger partial charge in [0.1, 0.15) is 5.76 Å². The molecule has 0 amide bonds. The highest BCUT2D eigenvalue weighted by Crippen LogP contribution is 2.10.